The van der Waals surface area contributed by atoms with Crippen LogP contribution in [-0.4, -0.2) is 26.3 Å². The predicted octanol–water partition coefficient (Wildman–Crippen LogP) is 5.43. The van der Waals surface area contributed by atoms with E-state index < -0.39 is 0 Å². The molecule has 0 saturated heterocycles. The fourth-order valence-corrected chi connectivity index (χ4v) is 5.47. The summed E-state index contributed by atoms with van der Waals surface area (Å²) in [5.74, 6) is 1.73. The zero-order valence-electron chi connectivity index (χ0n) is 18.7. The zero-order chi connectivity index (χ0) is 22.9. The molecule has 6 nitrogen and oxygen atoms in total. The van der Waals surface area contributed by atoms with Gasteiger partial charge in [0.2, 0.25) is 0 Å². The van der Waals surface area contributed by atoms with Gasteiger partial charge in [-0.25, -0.2) is 15.0 Å². The number of benzene rings is 1. The van der Waals surface area contributed by atoms with Gasteiger partial charge in [-0.1, -0.05) is 36.9 Å². The topological polar surface area (TPSA) is 95.1 Å². The summed E-state index contributed by atoms with van der Waals surface area (Å²) in [7, 11) is 0. The molecule has 2 unspecified atom stereocenters. The molecule has 2 aromatic heterocycles. The van der Waals surface area contributed by atoms with E-state index >= 15 is 0 Å². The first-order valence-corrected chi connectivity index (χ1v) is 12.1. The maximum atomic E-state index is 6.25. The Morgan fingerprint density at radius 2 is 2.15 bits per heavy atom. The first-order chi connectivity index (χ1) is 16.1. The van der Waals surface area contributed by atoms with E-state index in [-0.39, 0.29) is 5.88 Å². The SMILES string of the molecule is C=Cc1ccc(/C=C/C2CCC(n3c4c(c5c(N)ncnc53)CCC4)C2)cc1N=C(N)CCl. The number of nitrogen functional groups attached to an aromatic ring is 1. The summed E-state index contributed by atoms with van der Waals surface area (Å²) in [6, 6.07) is 6.59. The van der Waals surface area contributed by atoms with Crippen LogP contribution in [0.4, 0.5) is 11.5 Å². The Morgan fingerprint density at radius 3 is 2.97 bits per heavy atom. The van der Waals surface area contributed by atoms with Crippen molar-refractivity contribution in [2.45, 2.75) is 44.6 Å². The van der Waals surface area contributed by atoms with E-state index in [4.69, 9.17) is 23.1 Å². The van der Waals surface area contributed by atoms with Gasteiger partial charge in [0.05, 0.1) is 17.0 Å². The van der Waals surface area contributed by atoms with E-state index in [1.165, 1.54) is 17.7 Å². The van der Waals surface area contributed by atoms with Crippen molar-refractivity contribution < 1.29 is 0 Å². The summed E-state index contributed by atoms with van der Waals surface area (Å²) in [6.07, 6.45) is 14.7. The van der Waals surface area contributed by atoms with Crippen LogP contribution in [0.25, 0.3) is 23.2 Å². The molecular formula is C26H29ClN6. The van der Waals surface area contributed by atoms with Crippen LogP contribution in [0.5, 0.6) is 0 Å². The number of hydrogen-bond donors (Lipinski definition) is 2. The van der Waals surface area contributed by atoms with Gasteiger partial charge in [-0.05, 0) is 67.2 Å². The molecule has 3 aromatic rings. The molecule has 1 fully saturated rings. The Morgan fingerprint density at radius 1 is 1.27 bits per heavy atom. The molecule has 2 heterocycles. The number of allylic oxidation sites excluding steroid dienone is 1. The summed E-state index contributed by atoms with van der Waals surface area (Å²) in [5, 5.41) is 1.08. The quantitative estimate of drug-likeness (QED) is 0.291. The van der Waals surface area contributed by atoms with Crippen LogP contribution in [0.2, 0.25) is 0 Å². The first kappa shape index (κ1) is 21.7. The van der Waals surface area contributed by atoms with Crippen molar-refractivity contribution in [3.05, 3.63) is 59.6 Å². The second-order valence-electron chi connectivity index (χ2n) is 8.95. The highest BCUT2D eigenvalue weighted by Crippen LogP contribution is 2.43. The maximum absolute atomic E-state index is 6.25. The number of rotatable bonds is 6. The standard InChI is InChI=1S/C26H29ClN6/c1-2-18-10-8-17(13-21(18)32-23(28)14-27)7-6-16-9-11-19(12-16)33-22-5-3-4-20(22)24-25(29)30-15-31-26(24)33/h2,6-8,10,13,15-16,19H,1,3-5,9,11-12,14H2,(H2,28,32)(H2,29,30,31)/b7-6+. The number of aromatic nitrogens is 3. The van der Waals surface area contributed by atoms with Crippen LogP contribution in [-0.2, 0) is 12.8 Å². The molecule has 1 saturated carbocycles. The molecule has 4 N–H and O–H groups in total. The van der Waals surface area contributed by atoms with Gasteiger partial charge in [-0.3, -0.25) is 0 Å². The van der Waals surface area contributed by atoms with Crippen LogP contribution in [0.3, 0.4) is 0 Å². The lowest BCUT2D eigenvalue weighted by atomic mass is 10.0. The minimum atomic E-state index is 0.203. The third kappa shape index (κ3) is 4.04. The molecule has 7 heteroatoms. The number of nitrogens with two attached hydrogens (primary N) is 2. The van der Waals surface area contributed by atoms with E-state index in [0.717, 1.165) is 60.0 Å². The molecule has 0 amide bonds. The second-order valence-corrected chi connectivity index (χ2v) is 9.22. The predicted molar refractivity (Wildman–Crippen MR) is 138 cm³/mol. The van der Waals surface area contributed by atoms with Gasteiger partial charge >= 0.3 is 0 Å². The summed E-state index contributed by atoms with van der Waals surface area (Å²) in [5.41, 5.74) is 18.7. The van der Waals surface area contributed by atoms with Crippen molar-refractivity contribution >= 4 is 52.1 Å². The highest BCUT2D eigenvalue weighted by Gasteiger charge is 2.31. The number of nitrogens with zero attached hydrogens (tertiary/aromatic N) is 4. The first-order valence-electron chi connectivity index (χ1n) is 11.5. The second kappa shape index (κ2) is 9.02. The van der Waals surface area contributed by atoms with Crippen LogP contribution in [0.1, 0.15) is 54.1 Å². The lowest BCUT2D eigenvalue weighted by molar-refractivity contribution is 0.503. The molecule has 5 rings (SSSR count). The monoisotopic (exact) mass is 460 g/mol. The number of hydrogen-bond acceptors (Lipinski definition) is 4. The smallest absolute Gasteiger partial charge is 0.146 e. The highest BCUT2D eigenvalue weighted by atomic mass is 35.5. The molecule has 0 spiro atoms. The summed E-state index contributed by atoms with van der Waals surface area (Å²) in [4.78, 5) is 13.3. The number of fused-ring (bicyclic) bond motifs is 3. The average Bonchev–Trinajstić information content (AvgIpc) is 3.54. The molecule has 0 bridgehead atoms. The normalized spacial score (nSPS) is 20.7. The number of amidine groups is 1. The van der Waals surface area contributed by atoms with Crippen LogP contribution in [0.15, 0.2) is 42.2 Å². The maximum Gasteiger partial charge on any atom is 0.146 e. The highest BCUT2D eigenvalue weighted by molar-refractivity contribution is 6.28. The zero-order valence-corrected chi connectivity index (χ0v) is 19.4. The van der Waals surface area contributed by atoms with E-state index in [1.807, 2.05) is 12.1 Å². The van der Waals surface area contributed by atoms with E-state index in [1.54, 1.807) is 12.4 Å². The Bertz CT molecular complexity index is 1270. The molecular weight excluding hydrogens is 432 g/mol. The van der Waals surface area contributed by atoms with Gasteiger partial charge in [0.1, 0.15) is 23.6 Å². The molecule has 2 atom stereocenters. The molecule has 170 valence electrons. The van der Waals surface area contributed by atoms with Crippen LogP contribution < -0.4 is 11.5 Å². The van der Waals surface area contributed by atoms with Gasteiger partial charge < -0.3 is 16.0 Å². The Kier molecular flexibility index (Phi) is 5.94. The number of aryl methyl sites for hydroxylation is 1. The van der Waals surface area contributed by atoms with Crippen LogP contribution >= 0.6 is 11.6 Å². The fraction of sp³-hybridized carbons (Fsp3) is 0.346. The number of halogens is 1. The summed E-state index contributed by atoms with van der Waals surface area (Å²) < 4.78 is 2.48. The number of alkyl halides is 1. The van der Waals surface area contributed by atoms with Crippen molar-refractivity contribution in [3.8, 4) is 0 Å². The van der Waals surface area contributed by atoms with Crippen molar-refractivity contribution in [2.24, 2.45) is 16.6 Å². The number of aliphatic imine (C=N–C) groups is 1. The Hall–Kier alpha value is -3.12. The van der Waals surface area contributed by atoms with Crippen molar-refractivity contribution in [2.75, 3.05) is 11.6 Å². The summed E-state index contributed by atoms with van der Waals surface area (Å²) in [6.45, 7) is 3.87. The van der Waals surface area contributed by atoms with E-state index in [2.05, 4.69) is 44.3 Å². The van der Waals surface area contributed by atoms with Gasteiger partial charge in [0.25, 0.3) is 0 Å². The average molecular weight is 461 g/mol. The van der Waals surface area contributed by atoms with Crippen molar-refractivity contribution in [3.63, 3.8) is 0 Å². The van der Waals surface area contributed by atoms with E-state index in [0.29, 0.717) is 23.6 Å². The Labute approximate surface area is 199 Å². The number of anilines is 1. The van der Waals surface area contributed by atoms with Crippen LogP contribution in [0, 0.1) is 5.92 Å². The minimum absolute atomic E-state index is 0.203. The summed E-state index contributed by atoms with van der Waals surface area (Å²) >= 11 is 5.81. The molecule has 2 aliphatic carbocycles. The molecule has 0 aliphatic heterocycles. The molecule has 1 aromatic carbocycles. The molecule has 33 heavy (non-hydrogen) atoms. The van der Waals surface area contributed by atoms with Gasteiger partial charge in [0.15, 0.2) is 0 Å². The largest absolute Gasteiger partial charge is 0.386 e. The van der Waals surface area contributed by atoms with Gasteiger partial charge in [-0.15, -0.1) is 11.6 Å². The van der Waals surface area contributed by atoms with Crippen molar-refractivity contribution in [1.29, 1.82) is 0 Å². The Balaban J connectivity index is 1.38. The molecule has 2 aliphatic rings. The minimum Gasteiger partial charge on any atom is -0.386 e. The lowest BCUT2D eigenvalue weighted by Crippen LogP contribution is -2.12. The van der Waals surface area contributed by atoms with Gasteiger partial charge in [0, 0.05) is 11.7 Å². The van der Waals surface area contributed by atoms with Crippen molar-refractivity contribution in [1.82, 2.24) is 14.5 Å². The van der Waals surface area contributed by atoms with Gasteiger partial charge in [-0.2, -0.15) is 0 Å². The van der Waals surface area contributed by atoms with E-state index in [9.17, 15) is 0 Å². The lowest BCUT2D eigenvalue weighted by Gasteiger charge is -2.17. The third-order valence-electron chi connectivity index (χ3n) is 6.91. The molecule has 0 radical (unpaired) electrons. The fourth-order valence-electron chi connectivity index (χ4n) is 5.41. The third-order valence-corrected chi connectivity index (χ3v) is 7.19.